The number of pyridine rings is 1. The summed E-state index contributed by atoms with van der Waals surface area (Å²) >= 11 is 0. The van der Waals surface area contributed by atoms with Crippen LogP contribution in [-0.2, 0) is 13.0 Å². The van der Waals surface area contributed by atoms with Crippen LogP contribution in [0, 0.1) is 5.92 Å². The average molecular weight is 332 g/mol. The second-order valence-corrected chi connectivity index (χ2v) is 6.63. The number of benzene rings is 1. The Kier molecular flexibility index (Phi) is 4.06. The van der Waals surface area contributed by atoms with Crippen molar-refractivity contribution in [2.24, 2.45) is 5.92 Å². The molecule has 0 aliphatic heterocycles. The smallest absolute Gasteiger partial charge is 0.264 e. The van der Waals surface area contributed by atoms with Gasteiger partial charge in [-0.1, -0.05) is 38.1 Å². The van der Waals surface area contributed by atoms with E-state index in [0.29, 0.717) is 24.2 Å². The number of rotatable bonds is 5. The van der Waals surface area contributed by atoms with Gasteiger partial charge in [-0.2, -0.15) is 0 Å². The molecule has 0 aliphatic rings. The van der Waals surface area contributed by atoms with E-state index in [-0.39, 0.29) is 0 Å². The molecule has 4 aromatic rings. The number of fused-ring (bicyclic) bond motifs is 1. The highest BCUT2D eigenvalue weighted by Crippen LogP contribution is 2.28. The predicted octanol–water partition coefficient (Wildman–Crippen LogP) is 4.33. The van der Waals surface area contributed by atoms with Crippen molar-refractivity contribution in [3.05, 3.63) is 66.3 Å². The molecule has 0 atom stereocenters. The Labute approximate surface area is 146 Å². The summed E-state index contributed by atoms with van der Waals surface area (Å²) in [6.07, 6.45) is 4.46. The fourth-order valence-electron chi connectivity index (χ4n) is 3.02. The van der Waals surface area contributed by atoms with Crippen LogP contribution in [0.15, 0.2) is 59.3 Å². The van der Waals surface area contributed by atoms with Crippen LogP contribution in [0.5, 0.6) is 0 Å². The molecule has 0 N–H and O–H groups in total. The summed E-state index contributed by atoms with van der Waals surface area (Å²) < 4.78 is 8.14. The standard InChI is InChI=1S/C20H20N4O/c1-14(2)10-19-22-23-20(25-19)18-11-16-7-3-4-8-17(16)24(18)13-15-6-5-9-21-12-15/h3-9,11-12,14H,10,13H2,1-2H3. The van der Waals surface area contributed by atoms with Gasteiger partial charge >= 0.3 is 0 Å². The first-order valence-corrected chi connectivity index (χ1v) is 8.50. The molecule has 4 rings (SSSR count). The highest BCUT2D eigenvalue weighted by atomic mass is 16.4. The second-order valence-electron chi connectivity index (χ2n) is 6.63. The van der Waals surface area contributed by atoms with Crippen LogP contribution in [0.2, 0.25) is 0 Å². The fraction of sp³-hybridized carbons (Fsp3) is 0.250. The third-order valence-corrected chi connectivity index (χ3v) is 4.14. The van der Waals surface area contributed by atoms with Crippen molar-refractivity contribution >= 4 is 10.9 Å². The quantitative estimate of drug-likeness (QED) is 0.546. The lowest BCUT2D eigenvalue weighted by molar-refractivity contribution is 0.464. The maximum absolute atomic E-state index is 5.93. The van der Waals surface area contributed by atoms with E-state index >= 15 is 0 Å². The third-order valence-electron chi connectivity index (χ3n) is 4.14. The van der Waals surface area contributed by atoms with Gasteiger partial charge in [0.05, 0.1) is 0 Å². The average Bonchev–Trinajstić information content (AvgIpc) is 3.20. The highest BCUT2D eigenvalue weighted by molar-refractivity contribution is 5.85. The largest absolute Gasteiger partial charge is 0.419 e. The molecular formula is C20H20N4O. The van der Waals surface area contributed by atoms with Crippen molar-refractivity contribution in [2.75, 3.05) is 0 Å². The zero-order chi connectivity index (χ0) is 17.2. The monoisotopic (exact) mass is 332 g/mol. The van der Waals surface area contributed by atoms with Crippen LogP contribution in [0.25, 0.3) is 22.5 Å². The van der Waals surface area contributed by atoms with Gasteiger partial charge in [0.25, 0.3) is 5.89 Å². The lowest BCUT2D eigenvalue weighted by Gasteiger charge is -2.08. The second kappa shape index (κ2) is 6.51. The van der Waals surface area contributed by atoms with Crippen LogP contribution >= 0.6 is 0 Å². The topological polar surface area (TPSA) is 56.7 Å². The highest BCUT2D eigenvalue weighted by Gasteiger charge is 2.17. The Bertz CT molecular complexity index is 985. The van der Waals surface area contributed by atoms with E-state index in [1.807, 2.05) is 24.4 Å². The van der Waals surface area contributed by atoms with Gasteiger partial charge in [-0.05, 0) is 29.7 Å². The molecule has 5 heteroatoms. The Balaban J connectivity index is 1.80. The molecule has 25 heavy (non-hydrogen) atoms. The van der Waals surface area contributed by atoms with E-state index in [0.717, 1.165) is 28.6 Å². The number of hydrogen-bond acceptors (Lipinski definition) is 4. The van der Waals surface area contributed by atoms with Crippen molar-refractivity contribution in [1.82, 2.24) is 19.7 Å². The molecule has 5 nitrogen and oxygen atoms in total. The van der Waals surface area contributed by atoms with E-state index in [9.17, 15) is 0 Å². The van der Waals surface area contributed by atoms with Gasteiger partial charge in [0.2, 0.25) is 5.89 Å². The van der Waals surface area contributed by atoms with E-state index in [4.69, 9.17) is 4.42 Å². The molecule has 1 aromatic carbocycles. The SMILES string of the molecule is CC(C)Cc1nnc(-c2cc3ccccc3n2Cc2cccnc2)o1. The zero-order valence-electron chi connectivity index (χ0n) is 14.4. The molecule has 126 valence electrons. The van der Waals surface area contributed by atoms with Gasteiger partial charge < -0.3 is 8.98 Å². The van der Waals surface area contributed by atoms with E-state index < -0.39 is 0 Å². The van der Waals surface area contributed by atoms with Crippen LogP contribution in [-0.4, -0.2) is 19.7 Å². The molecule has 0 fully saturated rings. The summed E-state index contributed by atoms with van der Waals surface area (Å²) in [4.78, 5) is 4.22. The molecule has 0 radical (unpaired) electrons. The first kappa shape index (κ1) is 15.6. The summed E-state index contributed by atoms with van der Waals surface area (Å²) in [7, 11) is 0. The van der Waals surface area contributed by atoms with Crippen LogP contribution in [0.1, 0.15) is 25.3 Å². The normalized spacial score (nSPS) is 11.5. The summed E-state index contributed by atoms with van der Waals surface area (Å²) in [6.45, 7) is 4.99. The van der Waals surface area contributed by atoms with Gasteiger partial charge in [0, 0.05) is 36.3 Å². The molecule has 0 amide bonds. The minimum Gasteiger partial charge on any atom is -0.419 e. The molecule has 0 aliphatic carbocycles. The van der Waals surface area contributed by atoms with Gasteiger partial charge in [0.15, 0.2) is 0 Å². The maximum Gasteiger partial charge on any atom is 0.264 e. The van der Waals surface area contributed by atoms with E-state index in [1.54, 1.807) is 6.20 Å². The lowest BCUT2D eigenvalue weighted by Crippen LogP contribution is -2.02. The Morgan fingerprint density at radius 1 is 1.08 bits per heavy atom. The maximum atomic E-state index is 5.93. The molecule has 0 bridgehead atoms. The van der Waals surface area contributed by atoms with Gasteiger partial charge in [-0.25, -0.2) is 0 Å². The van der Waals surface area contributed by atoms with Crippen molar-refractivity contribution in [3.63, 3.8) is 0 Å². The van der Waals surface area contributed by atoms with E-state index in [2.05, 4.69) is 57.9 Å². The van der Waals surface area contributed by atoms with E-state index in [1.165, 1.54) is 0 Å². The molecule has 3 heterocycles. The van der Waals surface area contributed by atoms with Gasteiger partial charge in [-0.3, -0.25) is 4.98 Å². The number of nitrogens with zero attached hydrogens (tertiary/aromatic N) is 4. The number of aromatic nitrogens is 4. The van der Waals surface area contributed by atoms with Crippen LogP contribution in [0.3, 0.4) is 0 Å². The van der Waals surface area contributed by atoms with Crippen molar-refractivity contribution in [3.8, 4) is 11.6 Å². The van der Waals surface area contributed by atoms with Crippen LogP contribution < -0.4 is 0 Å². The van der Waals surface area contributed by atoms with Crippen molar-refractivity contribution in [2.45, 2.75) is 26.8 Å². The van der Waals surface area contributed by atoms with Crippen LogP contribution in [0.4, 0.5) is 0 Å². The fourth-order valence-corrected chi connectivity index (χ4v) is 3.02. The van der Waals surface area contributed by atoms with Crippen molar-refractivity contribution < 1.29 is 4.42 Å². The predicted molar refractivity (Wildman–Crippen MR) is 97.1 cm³/mol. The molecule has 0 unspecified atom stereocenters. The van der Waals surface area contributed by atoms with Gasteiger partial charge in [0.1, 0.15) is 5.69 Å². The summed E-state index contributed by atoms with van der Waals surface area (Å²) in [5.74, 6) is 1.73. The molecule has 0 saturated heterocycles. The van der Waals surface area contributed by atoms with Crippen molar-refractivity contribution in [1.29, 1.82) is 0 Å². The summed E-state index contributed by atoms with van der Waals surface area (Å²) in [5.41, 5.74) is 3.21. The number of para-hydroxylation sites is 1. The minimum atomic E-state index is 0.481. The first-order valence-electron chi connectivity index (χ1n) is 8.50. The molecule has 0 spiro atoms. The Morgan fingerprint density at radius 3 is 2.76 bits per heavy atom. The molecular weight excluding hydrogens is 312 g/mol. The number of hydrogen-bond donors (Lipinski definition) is 0. The third kappa shape index (κ3) is 3.18. The Hall–Kier alpha value is -2.95. The molecule has 0 saturated carbocycles. The Morgan fingerprint density at radius 2 is 1.96 bits per heavy atom. The minimum absolute atomic E-state index is 0.481. The summed E-state index contributed by atoms with van der Waals surface area (Å²) in [5, 5.41) is 9.65. The first-order chi connectivity index (χ1) is 12.2. The van der Waals surface area contributed by atoms with Gasteiger partial charge in [-0.15, -0.1) is 10.2 Å². The zero-order valence-corrected chi connectivity index (χ0v) is 14.4. The lowest BCUT2D eigenvalue weighted by atomic mass is 10.1. The molecule has 3 aromatic heterocycles. The summed E-state index contributed by atoms with van der Waals surface area (Å²) in [6, 6.07) is 14.4.